The number of aliphatic imine (C=N–C) groups is 4. The van der Waals surface area contributed by atoms with Crippen LogP contribution in [0.4, 0.5) is 11.6 Å². The smallest absolute Gasteiger partial charge is 0.164 e. The molecular weight excluding hydrogens is 701 g/mol. The Morgan fingerprint density at radius 2 is 0.579 bits per heavy atom. The van der Waals surface area contributed by atoms with Crippen LogP contribution in [-0.4, -0.2) is 32.5 Å². The number of amidine groups is 4. The Morgan fingerprint density at radius 3 is 0.895 bits per heavy atom. The number of fused-ring (bicyclic) bond motifs is 14. The van der Waals surface area contributed by atoms with Gasteiger partial charge in [0, 0.05) is 43.8 Å². The zero-order valence-corrected chi connectivity index (χ0v) is 35.5. The molecule has 0 saturated carbocycles. The highest BCUT2D eigenvalue weighted by Crippen LogP contribution is 2.40. The average Bonchev–Trinajstić information content (AvgIpc) is 3.99. The van der Waals surface area contributed by atoms with Crippen molar-refractivity contribution in [2.24, 2.45) is 30.0 Å². The highest BCUT2D eigenvalue weighted by atomic mass is 15.3. The largest absolute Gasteiger partial charge is 0.291 e. The van der Waals surface area contributed by atoms with Crippen molar-refractivity contribution in [3.8, 4) is 0 Å². The van der Waals surface area contributed by atoms with Crippen LogP contribution < -0.4 is 11.0 Å². The fourth-order valence-corrected chi connectivity index (χ4v) is 6.35. The van der Waals surface area contributed by atoms with Gasteiger partial charge in [-0.25, -0.2) is 30.0 Å². The van der Waals surface area contributed by atoms with Crippen molar-refractivity contribution in [1.29, 1.82) is 0 Å². The van der Waals surface area contributed by atoms with Crippen LogP contribution in [0.25, 0.3) is 21.5 Å². The van der Waals surface area contributed by atoms with E-state index in [1.54, 1.807) is 0 Å². The van der Waals surface area contributed by atoms with E-state index in [0.717, 1.165) is 66.4 Å². The van der Waals surface area contributed by atoms with Crippen molar-refractivity contribution < 1.29 is 0 Å². The lowest BCUT2D eigenvalue weighted by atomic mass is 10.1. The van der Waals surface area contributed by atoms with Crippen LogP contribution in [-0.2, 0) is 6.67 Å². The van der Waals surface area contributed by atoms with Crippen molar-refractivity contribution in [2.75, 3.05) is 0 Å². The Bertz CT molecular complexity index is 2290. The highest BCUT2D eigenvalue weighted by Gasteiger charge is 2.29. The summed E-state index contributed by atoms with van der Waals surface area (Å²) in [6.07, 6.45) is 0. The zero-order valence-electron chi connectivity index (χ0n) is 35.5. The fourth-order valence-electron chi connectivity index (χ4n) is 6.35. The second-order valence-corrected chi connectivity index (χ2v) is 10.4. The summed E-state index contributed by atoms with van der Waals surface area (Å²) in [5, 5.41) is 4.02. The summed E-state index contributed by atoms with van der Waals surface area (Å²) in [4.78, 5) is 30.9. The maximum Gasteiger partial charge on any atom is 0.164 e. The molecule has 57 heavy (non-hydrogen) atoms. The number of hydrogen-bond acceptors (Lipinski definition) is 6. The second-order valence-electron chi connectivity index (χ2n) is 10.4. The van der Waals surface area contributed by atoms with Crippen LogP contribution in [0.2, 0.25) is 0 Å². The van der Waals surface area contributed by atoms with Crippen molar-refractivity contribution in [1.82, 2.24) is 9.13 Å². The van der Waals surface area contributed by atoms with E-state index in [1.165, 1.54) is 0 Å². The maximum absolute atomic E-state index is 5.22. The normalized spacial score (nSPS) is 12.0. The molecule has 10 rings (SSSR count). The van der Waals surface area contributed by atoms with E-state index >= 15 is 0 Å². The molecule has 6 heterocycles. The number of benzene rings is 4. The van der Waals surface area contributed by atoms with E-state index in [4.69, 9.17) is 30.0 Å². The standard InChI is InChI=1S/C33H18N8.7C2H6.2CH4/c1-2-10-19-18(9-1)26-34-27(19)37-31-24-15-7-8-16-25(24)33-39-29-21-12-4-3-11-20(21)28(35-29)38-32-23-14-6-5-13-22(23)30(36-26)40(32)17-41(31)33;7*1-2;;/h1-16H,17H2;7*1-2H3;2*1H4. The SMILES string of the molecule is C.C.CC.CC.CC.CC.CC.CC.CC.c1ccc2c(c1)C1=NC2=Nc2c3ccccc3c3n2Cn2c(c4ccccc4c2=NC2=NC(=N3)c3ccccc32)=N1. The van der Waals surface area contributed by atoms with Gasteiger partial charge in [0.2, 0.25) is 0 Å². The molecule has 0 amide bonds. The molecule has 8 nitrogen and oxygen atoms in total. The van der Waals surface area contributed by atoms with Gasteiger partial charge in [0.15, 0.2) is 23.3 Å². The molecule has 0 N–H and O–H groups in total. The topological polar surface area (TPSA) is 84.0 Å². The first-order valence-corrected chi connectivity index (χ1v) is 20.5. The van der Waals surface area contributed by atoms with Crippen LogP contribution in [0, 0.1) is 0 Å². The molecule has 8 heteroatoms. The molecule has 0 spiro atoms. The molecule has 0 aliphatic carbocycles. The van der Waals surface area contributed by atoms with E-state index in [-0.39, 0.29) is 14.9 Å². The number of hydrogen-bond donors (Lipinski definition) is 0. The van der Waals surface area contributed by atoms with Gasteiger partial charge in [-0.05, 0) is 0 Å². The summed E-state index contributed by atoms with van der Waals surface area (Å²) in [6, 6.07) is 32.9. The van der Waals surface area contributed by atoms with Gasteiger partial charge in [-0.15, -0.1) is 0 Å². The first kappa shape index (κ1) is 49.3. The molecule has 6 bridgehead atoms. The summed E-state index contributed by atoms with van der Waals surface area (Å²) in [5.74, 6) is 4.18. The summed E-state index contributed by atoms with van der Waals surface area (Å²) in [7, 11) is 0. The molecule has 304 valence electrons. The number of aromatic nitrogens is 2. The molecule has 0 fully saturated rings. The van der Waals surface area contributed by atoms with Crippen LogP contribution >= 0.6 is 0 Å². The summed E-state index contributed by atoms with van der Waals surface area (Å²) in [6.45, 7) is 28.4. The van der Waals surface area contributed by atoms with Crippen LogP contribution in [0.3, 0.4) is 0 Å². The molecule has 0 unspecified atom stereocenters. The van der Waals surface area contributed by atoms with Gasteiger partial charge in [-0.1, -0.05) is 209 Å². The molecular formula is C49H68N8. The van der Waals surface area contributed by atoms with E-state index in [0.29, 0.717) is 30.0 Å². The molecule has 6 aromatic rings. The highest BCUT2D eigenvalue weighted by molar-refractivity contribution is 6.25. The molecule has 0 radical (unpaired) electrons. The molecule has 0 saturated heterocycles. The Balaban J connectivity index is 0.000000927. The van der Waals surface area contributed by atoms with Gasteiger partial charge in [-0.3, -0.25) is 9.13 Å². The quantitative estimate of drug-likeness (QED) is 0.147. The van der Waals surface area contributed by atoms with Crippen molar-refractivity contribution in [3.63, 3.8) is 0 Å². The minimum atomic E-state index is 0. The third-order valence-electron chi connectivity index (χ3n) is 8.21. The maximum atomic E-state index is 5.22. The van der Waals surface area contributed by atoms with Crippen molar-refractivity contribution in [3.05, 3.63) is 130 Å². The van der Waals surface area contributed by atoms with Gasteiger partial charge >= 0.3 is 0 Å². The Morgan fingerprint density at radius 1 is 0.316 bits per heavy atom. The third-order valence-corrected chi connectivity index (χ3v) is 8.21. The van der Waals surface area contributed by atoms with E-state index in [2.05, 4.69) is 57.7 Å². The Labute approximate surface area is 343 Å². The lowest BCUT2D eigenvalue weighted by molar-refractivity contribution is 0.584. The lowest BCUT2D eigenvalue weighted by Gasteiger charge is -2.12. The molecule has 2 aromatic heterocycles. The van der Waals surface area contributed by atoms with Crippen LogP contribution in [0.1, 0.15) is 134 Å². The average molecular weight is 769 g/mol. The zero-order chi connectivity index (χ0) is 40.7. The Kier molecular flexibility index (Phi) is 20.7. The number of nitrogens with zero attached hydrogens (tertiary/aromatic N) is 8. The third kappa shape index (κ3) is 8.96. The molecule has 4 aliphatic rings. The summed E-state index contributed by atoms with van der Waals surface area (Å²) >= 11 is 0. The first-order valence-electron chi connectivity index (χ1n) is 20.5. The van der Waals surface area contributed by atoms with E-state index in [9.17, 15) is 0 Å². The van der Waals surface area contributed by atoms with Crippen LogP contribution in [0.15, 0.2) is 127 Å². The van der Waals surface area contributed by atoms with Gasteiger partial charge in [0.1, 0.15) is 29.3 Å². The minimum Gasteiger partial charge on any atom is -0.291 e. The molecule has 4 aromatic carbocycles. The first-order chi connectivity index (χ1) is 27.3. The molecule has 0 atom stereocenters. The predicted molar refractivity (Wildman–Crippen MR) is 253 cm³/mol. The van der Waals surface area contributed by atoms with Gasteiger partial charge in [0.05, 0.1) is 0 Å². The predicted octanol–water partition coefficient (Wildman–Crippen LogP) is 13.5. The minimum absolute atomic E-state index is 0. The van der Waals surface area contributed by atoms with Crippen molar-refractivity contribution in [2.45, 2.75) is 118 Å². The van der Waals surface area contributed by atoms with E-state index in [1.807, 2.05) is 145 Å². The second kappa shape index (κ2) is 24.0. The lowest BCUT2D eigenvalue weighted by Crippen LogP contribution is -2.32. The van der Waals surface area contributed by atoms with Crippen molar-refractivity contribution >= 4 is 56.5 Å². The Hall–Kier alpha value is -5.76. The summed E-state index contributed by atoms with van der Waals surface area (Å²) < 4.78 is 4.31. The summed E-state index contributed by atoms with van der Waals surface area (Å²) in [5.41, 5.74) is 5.45. The van der Waals surface area contributed by atoms with Gasteiger partial charge in [-0.2, -0.15) is 0 Å². The van der Waals surface area contributed by atoms with E-state index < -0.39 is 0 Å². The van der Waals surface area contributed by atoms with Gasteiger partial charge in [0.25, 0.3) is 0 Å². The number of rotatable bonds is 0. The fraction of sp³-hybridized carbons (Fsp3) is 0.347. The monoisotopic (exact) mass is 769 g/mol. The molecule has 4 aliphatic heterocycles. The van der Waals surface area contributed by atoms with Crippen LogP contribution in [0.5, 0.6) is 0 Å². The van der Waals surface area contributed by atoms with Gasteiger partial charge < -0.3 is 0 Å².